The first-order valence-electron chi connectivity index (χ1n) is 5.87. The molecule has 0 aliphatic heterocycles. The lowest BCUT2D eigenvalue weighted by molar-refractivity contribution is 0.103. The van der Waals surface area contributed by atoms with E-state index in [2.05, 4.69) is 5.10 Å². The standard InChI is InChI=1S/C14H16N2O2/c1-10(2)18-12-6-4-5-11(9-12)14(17)13-7-8-16(3)15-13/h4-10H,1-3H3. The number of carbonyl (C=O) groups excluding carboxylic acids is 1. The van der Waals surface area contributed by atoms with Crippen LogP contribution in [-0.2, 0) is 7.05 Å². The summed E-state index contributed by atoms with van der Waals surface area (Å²) in [6.45, 7) is 3.90. The summed E-state index contributed by atoms with van der Waals surface area (Å²) in [6, 6.07) is 8.88. The SMILES string of the molecule is CC(C)Oc1cccc(C(=O)c2ccn(C)n2)c1. The maximum Gasteiger partial charge on any atom is 0.213 e. The second kappa shape index (κ2) is 5.04. The van der Waals surface area contributed by atoms with E-state index in [1.54, 1.807) is 36.1 Å². The van der Waals surface area contributed by atoms with Gasteiger partial charge in [0.05, 0.1) is 6.10 Å². The minimum Gasteiger partial charge on any atom is -0.491 e. The van der Waals surface area contributed by atoms with Crippen LogP contribution < -0.4 is 4.74 Å². The molecule has 2 rings (SSSR count). The Bertz CT molecular complexity index is 558. The highest BCUT2D eigenvalue weighted by Gasteiger charge is 2.12. The van der Waals surface area contributed by atoms with Gasteiger partial charge in [0.15, 0.2) is 0 Å². The van der Waals surface area contributed by atoms with E-state index in [4.69, 9.17) is 4.74 Å². The van der Waals surface area contributed by atoms with Gasteiger partial charge in [-0.3, -0.25) is 9.48 Å². The van der Waals surface area contributed by atoms with Crippen LogP contribution in [0.1, 0.15) is 29.9 Å². The van der Waals surface area contributed by atoms with Crippen molar-refractivity contribution >= 4 is 5.78 Å². The normalized spacial score (nSPS) is 10.7. The van der Waals surface area contributed by atoms with Gasteiger partial charge in [-0.2, -0.15) is 5.10 Å². The molecule has 94 valence electrons. The summed E-state index contributed by atoms with van der Waals surface area (Å²) < 4.78 is 7.18. The van der Waals surface area contributed by atoms with Crippen molar-refractivity contribution in [2.24, 2.45) is 7.05 Å². The molecule has 0 saturated carbocycles. The maximum absolute atomic E-state index is 12.2. The Kier molecular flexibility index (Phi) is 3.46. The van der Waals surface area contributed by atoms with Crippen LogP contribution >= 0.6 is 0 Å². The Balaban J connectivity index is 2.25. The van der Waals surface area contributed by atoms with E-state index in [0.29, 0.717) is 17.0 Å². The average Bonchev–Trinajstić information content (AvgIpc) is 2.74. The Morgan fingerprint density at radius 2 is 2.11 bits per heavy atom. The molecule has 0 N–H and O–H groups in total. The molecule has 0 saturated heterocycles. The molecule has 0 fully saturated rings. The van der Waals surface area contributed by atoms with E-state index >= 15 is 0 Å². The monoisotopic (exact) mass is 244 g/mol. The molecule has 0 spiro atoms. The molecule has 0 unspecified atom stereocenters. The van der Waals surface area contributed by atoms with Crippen LogP contribution in [0, 0.1) is 0 Å². The largest absolute Gasteiger partial charge is 0.491 e. The molecule has 4 nitrogen and oxygen atoms in total. The van der Waals surface area contributed by atoms with Crippen LogP contribution in [0.4, 0.5) is 0 Å². The van der Waals surface area contributed by atoms with Crippen LogP contribution in [0.25, 0.3) is 0 Å². The molecule has 18 heavy (non-hydrogen) atoms. The van der Waals surface area contributed by atoms with Crippen molar-refractivity contribution in [2.75, 3.05) is 0 Å². The summed E-state index contributed by atoms with van der Waals surface area (Å²) in [5.74, 6) is 0.608. The van der Waals surface area contributed by atoms with Gasteiger partial charge in [-0.1, -0.05) is 12.1 Å². The third-order valence-corrected chi connectivity index (χ3v) is 2.41. The van der Waals surface area contributed by atoms with Gasteiger partial charge in [0.25, 0.3) is 0 Å². The fourth-order valence-electron chi connectivity index (χ4n) is 1.67. The lowest BCUT2D eigenvalue weighted by Gasteiger charge is -2.10. The molecule has 0 bridgehead atoms. The molecular formula is C14H16N2O2. The van der Waals surface area contributed by atoms with Crippen molar-refractivity contribution in [3.8, 4) is 5.75 Å². The first kappa shape index (κ1) is 12.4. The molecule has 1 heterocycles. The second-order valence-electron chi connectivity index (χ2n) is 4.40. The minimum absolute atomic E-state index is 0.0882. The predicted molar refractivity (Wildman–Crippen MR) is 68.8 cm³/mol. The number of rotatable bonds is 4. The Hall–Kier alpha value is -2.10. The topological polar surface area (TPSA) is 44.1 Å². The third kappa shape index (κ3) is 2.77. The highest BCUT2D eigenvalue weighted by molar-refractivity contribution is 6.07. The van der Waals surface area contributed by atoms with E-state index in [0.717, 1.165) is 0 Å². The number of hydrogen-bond acceptors (Lipinski definition) is 3. The number of aryl methyl sites for hydroxylation is 1. The predicted octanol–water partition coefficient (Wildman–Crippen LogP) is 2.44. The van der Waals surface area contributed by atoms with E-state index in [9.17, 15) is 4.79 Å². The van der Waals surface area contributed by atoms with Crippen molar-refractivity contribution in [1.82, 2.24) is 9.78 Å². The Morgan fingerprint density at radius 3 is 2.72 bits per heavy atom. The zero-order chi connectivity index (χ0) is 13.1. The number of hydrogen-bond donors (Lipinski definition) is 0. The Morgan fingerprint density at radius 1 is 1.33 bits per heavy atom. The number of aromatic nitrogens is 2. The van der Waals surface area contributed by atoms with Gasteiger partial charge in [0.2, 0.25) is 5.78 Å². The number of ether oxygens (including phenoxy) is 1. The first-order valence-corrected chi connectivity index (χ1v) is 5.87. The summed E-state index contributed by atoms with van der Waals surface area (Å²) in [5, 5.41) is 4.10. The third-order valence-electron chi connectivity index (χ3n) is 2.41. The van der Waals surface area contributed by atoms with Crippen molar-refractivity contribution < 1.29 is 9.53 Å². The lowest BCUT2D eigenvalue weighted by atomic mass is 10.1. The molecular weight excluding hydrogens is 228 g/mol. The molecule has 0 radical (unpaired) electrons. The van der Waals surface area contributed by atoms with Crippen LogP contribution in [0.15, 0.2) is 36.5 Å². The van der Waals surface area contributed by atoms with E-state index in [-0.39, 0.29) is 11.9 Å². The molecule has 0 atom stereocenters. The van der Waals surface area contributed by atoms with E-state index < -0.39 is 0 Å². The summed E-state index contributed by atoms with van der Waals surface area (Å²) in [6.07, 6.45) is 1.84. The average molecular weight is 244 g/mol. The summed E-state index contributed by atoms with van der Waals surface area (Å²) >= 11 is 0. The zero-order valence-electron chi connectivity index (χ0n) is 10.8. The number of carbonyl (C=O) groups is 1. The van der Waals surface area contributed by atoms with Gasteiger partial charge < -0.3 is 4.74 Å². The highest BCUT2D eigenvalue weighted by atomic mass is 16.5. The first-order chi connectivity index (χ1) is 8.56. The fourth-order valence-corrected chi connectivity index (χ4v) is 1.67. The molecule has 0 aliphatic carbocycles. The molecule has 1 aromatic carbocycles. The van der Waals surface area contributed by atoms with Gasteiger partial charge in [0.1, 0.15) is 11.4 Å². The van der Waals surface area contributed by atoms with Crippen molar-refractivity contribution in [1.29, 1.82) is 0 Å². The second-order valence-corrected chi connectivity index (χ2v) is 4.40. The van der Waals surface area contributed by atoms with Crippen molar-refractivity contribution in [3.05, 3.63) is 47.8 Å². The maximum atomic E-state index is 12.2. The molecule has 1 aromatic heterocycles. The van der Waals surface area contributed by atoms with Crippen molar-refractivity contribution in [3.63, 3.8) is 0 Å². The van der Waals surface area contributed by atoms with Crippen LogP contribution in [0.5, 0.6) is 5.75 Å². The molecule has 2 aromatic rings. The van der Waals surface area contributed by atoms with Gasteiger partial charge in [-0.05, 0) is 32.0 Å². The van der Waals surface area contributed by atoms with Crippen LogP contribution in [0.3, 0.4) is 0 Å². The smallest absolute Gasteiger partial charge is 0.213 e. The summed E-state index contributed by atoms with van der Waals surface area (Å²) in [7, 11) is 1.79. The molecule has 0 amide bonds. The van der Waals surface area contributed by atoms with Gasteiger partial charge in [-0.15, -0.1) is 0 Å². The summed E-state index contributed by atoms with van der Waals surface area (Å²) in [5.41, 5.74) is 1.03. The highest BCUT2D eigenvalue weighted by Crippen LogP contribution is 2.17. The van der Waals surface area contributed by atoms with E-state index in [1.807, 2.05) is 26.0 Å². The van der Waals surface area contributed by atoms with Crippen LogP contribution in [0.2, 0.25) is 0 Å². The van der Waals surface area contributed by atoms with Gasteiger partial charge in [0, 0.05) is 18.8 Å². The zero-order valence-corrected chi connectivity index (χ0v) is 10.8. The number of nitrogens with zero attached hydrogens (tertiary/aromatic N) is 2. The lowest BCUT2D eigenvalue weighted by Crippen LogP contribution is -2.07. The fraction of sp³-hybridized carbons (Fsp3) is 0.286. The van der Waals surface area contributed by atoms with Gasteiger partial charge >= 0.3 is 0 Å². The van der Waals surface area contributed by atoms with E-state index in [1.165, 1.54) is 0 Å². The van der Waals surface area contributed by atoms with Crippen LogP contribution in [-0.4, -0.2) is 21.7 Å². The molecule has 0 aliphatic rings. The Labute approximate surface area is 106 Å². The summed E-state index contributed by atoms with van der Waals surface area (Å²) in [4.78, 5) is 12.2. The quantitative estimate of drug-likeness (QED) is 0.776. The minimum atomic E-state index is -0.0928. The van der Waals surface area contributed by atoms with Crippen molar-refractivity contribution in [2.45, 2.75) is 20.0 Å². The number of ketones is 1. The van der Waals surface area contributed by atoms with Gasteiger partial charge in [-0.25, -0.2) is 0 Å². The number of benzene rings is 1. The molecule has 4 heteroatoms.